The van der Waals surface area contributed by atoms with Crippen LogP contribution < -0.4 is 9.47 Å². The zero-order valence-corrected chi connectivity index (χ0v) is 21.4. The van der Waals surface area contributed by atoms with Gasteiger partial charge >= 0.3 is 5.97 Å². The summed E-state index contributed by atoms with van der Waals surface area (Å²) in [4.78, 5) is 26.4. The Bertz CT molecular complexity index is 1190. The molecule has 192 valence electrons. The van der Waals surface area contributed by atoms with E-state index in [0.717, 1.165) is 5.56 Å². The van der Waals surface area contributed by atoms with Crippen LogP contribution in [0, 0.1) is 11.2 Å². The Labute approximate surface area is 211 Å². The van der Waals surface area contributed by atoms with E-state index in [2.05, 4.69) is 0 Å². The summed E-state index contributed by atoms with van der Waals surface area (Å²) in [5.41, 5.74) is 1.51. The zero-order valence-electron chi connectivity index (χ0n) is 21.4. The van der Waals surface area contributed by atoms with Gasteiger partial charge in [0.15, 0.2) is 23.1 Å². The Morgan fingerprint density at radius 2 is 1.83 bits per heavy atom. The first-order valence-corrected chi connectivity index (χ1v) is 12.1. The lowest BCUT2D eigenvalue weighted by atomic mass is 9.83. The van der Waals surface area contributed by atoms with Gasteiger partial charge in [0.25, 0.3) is 0 Å². The largest absolute Gasteiger partial charge is 0.490 e. The van der Waals surface area contributed by atoms with E-state index in [0.29, 0.717) is 30.1 Å². The van der Waals surface area contributed by atoms with Gasteiger partial charge in [-0.3, -0.25) is 10.2 Å². The third-order valence-electron chi connectivity index (χ3n) is 5.96. The molecule has 0 unspecified atom stereocenters. The van der Waals surface area contributed by atoms with E-state index in [1.54, 1.807) is 56.0 Å². The molecule has 8 heteroatoms. The van der Waals surface area contributed by atoms with Crippen LogP contribution in [-0.2, 0) is 21.5 Å². The summed E-state index contributed by atoms with van der Waals surface area (Å²) in [5, 5.41) is 8.54. The first kappa shape index (κ1) is 26.9. The van der Waals surface area contributed by atoms with Crippen LogP contribution in [0.25, 0.3) is 0 Å². The Morgan fingerprint density at radius 1 is 1.11 bits per heavy atom. The van der Waals surface area contributed by atoms with Crippen LogP contribution in [0.5, 0.6) is 11.5 Å². The fourth-order valence-electron chi connectivity index (χ4n) is 4.08. The summed E-state index contributed by atoms with van der Waals surface area (Å²) in [5.74, 6) is -1.04. The Hall–Kier alpha value is -3.68. The van der Waals surface area contributed by atoms with Crippen LogP contribution in [0.1, 0.15) is 61.7 Å². The van der Waals surface area contributed by atoms with Gasteiger partial charge in [-0.15, -0.1) is 0 Å². The quantitative estimate of drug-likeness (QED) is 0.266. The zero-order chi connectivity index (χ0) is 26.5. The van der Waals surface area contributed by atoms with E-state index in [1.807, 2.05) is 19.9 Å². The van der Waals surface area contributed by atoms with Crippen molar-refractivity contribution in [1.29, 1.82) is 5.41 Å². The fraction of sp³-hybridized carbons (Fsp3) is 0.393. The number of rotatable bonds is 11. The van der Waals surface area contributed by atoms with Crippen molar-refractivity contribution in [3.05, 3.63) is 70.6 Å². The number of carbonyl (C=O) groups is 2. The van der Waals surface area contributed by atoms with E-state index < -0.39 is 17.2 Å². The maximum absolute atomic E-state index is 15.3. The third kappa shape index (κ3) is 5.75. The number of allylic oxidation sites excluding steroid dienone is 1. The summed E-state index contributed by atoms with van der Waals surface area (Å²) in [6, 6.07) is 8.86. The molecule has 2 aromatic rings. The smallest absolute Gasteiger partial charge is 0.330 e. The highest BCUT2D eigenvalue weighted by atomic mass is 19.1. The molecule has 2 aromatic carbocycles. The van der Waals surface area contributed by atoms with Gasteiger partial charge in [-0.25, -0.2) is 9.18 Å². The molecule has 0 aliphatic carbocycles. The lowest BCUT2D eigenvalue weighted by molar-refractivity contribution is -0.137. The second kappa shape index (κ2) is 11.4. The molecule has 1 aliphatic heterocycles. The molecule has 0 bridgehead atoms. The number of carbonyl (C=O) groups excluding carboxylic acids is 2. The second-order valence-electron chi connectivity index (χ2n) is 8.93. The minimum absolute atomic E-state index is 0.0122. The second-order valence-corrected chi connectivity index (χ2v) is 8.93. The third-order valence-corrected chi connectivity index (χ3v) is 5.96. The number of Topliss-reactive ketones (excluding diaryl/α,β-unsaturated/α-hetero) is 1. The SMILES string of the molecule is CCOC(=O)/C=C/C(C)(C)c1cccc(C(=O)CN2Cc3cc(OCC)c(OCC)c(F)c3C2=N)c1. The van der Waals surface area contributed by atoms with Crippen LogP contribution in [0.4, 0.5) is 4.39 Å². The molecule has 0 aromatic heterocycles. The number of benzene rings is 2. The molecular formula is C28H33FN2O5. The molecule has 0 amide bonds. The first-order valence-electron chi connectivity index (χ1n) is 12.1. The van der Waals surface area contributed by atoms with E-state index in [1.165, 1.54) is 6.08 Å². The van der Waals surface area contributed by atoms with Crippen LogP contribution in [0.3, 0.4) is 0 Å². The minimum atomic E-state index is -0.644. The van der Waals surface area contributed by atoms with E-state index >= 15 is 4.39 Å². The number of nitrogens with zero attached hydrogens (tertiary/aromatic N) is 1. The molecule has 0 spiro atoms. The maximum Gasteiger partial charge on any atom is 0.330 e. The van der Waals surface area contributed by atoms with Gasteiger partial charge < -0.3 is 19.1 Å². The topological polar surface area (TPSA) is 88.9 Å². The average Bonchev–Trinajstić information content (AvgIpc) is 3.15. The fourth-order valence-corrected chi connectivity index (χ4v) is 4.08. The highest BCUT2D eigenvalue weighted by Crippen LogP contribution is 2.39. The van der Waals surface area contributed by atoms with Crippen molar-refractivity contribution in [1.82, 2.24) is 4.90 Å². The van der Waals surface area contributed by atoms with Crippen LogP contribution in [0.2, 0.25) is 0 Å². The van der Waals surface area contributed by atoms with Gasteiger partial charge in [0.2, 0.25) is 0 Å². The predicted molar refractivity (Wildman–Crippen MR) is 136 cm³/mol. The number of ketones is 1. The summed E-state index contributed by atoms with van der Waals surface area (Å²) < 4.78 is 31.3. The summed E-state index contributed by atoms with van der Waals surface area (Å²) >= 11 is 0. The van der Waals surface area contributed by atoms with Crippen molar-refractivity contribution >= 4 is 17.6 Å². The number of ether oxygens (including phenoxy) is 3. The van der Waals surface area contributed by atoms with Crippen molar-refractivity contribution in [2.45, 2.75) is 46.6 Å². The number of halogens is 1. The van der Waals surface area contributed by atoms with E-state index in [9.17, 15) is 9.59 Å². The molecular weight excluding hydrogens is 463 g/mol. The molecule has 1 heterocycles. The van der Waals surface area contributed by atoms with E-state index in [-0.39, 0.29) is 42.6 Å². The molecule has 3 rings (SSSR count). The monoisotopic (exact) mass is 496 g/mol. The molecule has 0 atom stereocenters. The summed E-state index contributed by atoms with van der Waals surface area (Å²) in [6.07, 6.45) is 3.14. The molecule has 36 heavy (non-hydrogen) atoms. The van der Waals surface area contributed by atoms with Crippen molar-refractivity contribution < 1.29 is 28.2 Å². The highest BCUT2D eigenvalue weighted by Gasteiger charge is 2.33. The number of esters is 1. The molecule has 1 N–H and O–H groups in total. The van der Waals surface area contributed by atoms with Crippen molar-refractivity contribution in [2.24, 2.45) is 0 Å². The van der Waals surface area contributed by atoms with Crippen molar-refractivity contribution in [3.8, 4) is 11.5 Å². The average molecular weight is 497 g/mol. The van der Waals surface area contributed by atoms with Gasteiger partial charge in [-0.05, 0) is 44.0 Å². The van der Waals surface area contributed by atoms with Gasteiger partial charge in [-0.1, -0.05) is 38.1 Å². The number of nitrogens with one attached hydrogen (secondary N) is 1. The highest BCUT2D eigenvalue weighted by molar-refractivity contribution is 6.05. The molecule has 1 aliphatic rings. The normalized spacial score (nSPS) is 13.2. The van der Waals surface area contributed by atoms with Gasteiger partial charge in [0.1, 0.15) is 5.84 Å². The molecule has 0 fully saturated rings. The lowest BCUT2D eigenvalue weighted by Gasteiger charge is -2.22. The predicted octanol–water partition coefficient (Wildman–Crippen LogP) is 5.04. The Balaban J connectivity index is 1.80. The molecule has 0 radical (unpaired) electrons. The maximum atomic E-state index is 15.3. The minimum Gasteiger partial charge on any atom is -0.490 e. The van der Waals surface area contributed by atoms with E-state index in [4.69, 9.17) is 19.6 Å². The molecule has 7 nitrogen and oxygen atoms in total. The van der Waals surface area contributed by atoms with Crippen LogP contribution >= 0.6 is 0 Å². The van der Waals surface area contributed by atoms with Gasteiger partial charge in [0, 0.05) is 23.6 Å². The number of amidine groups is 1. The number of hydrogen-bond donors (Lipinski definition) is 1. The van der Waals surface area contributed by atoms with Crippen LogP contribution in [0.15, 0.2) is 42.5 Å². The standard InChI is InChI=1S/C28H33FN2O5/c1-6-34-22-15-19-16-31(27(30)24(19)25(29)26(22)36-8-3)17-21(32)18-10-9-11-20(14-18)28(4,5)13-12-23(33)35-7-2/h9-15,30H,6-8,16-17H2,1-5H3/b13-12+,30-27?. The van der Waals surface area contributed by atoms with Gasteiger partial charge in [-0.2, -0.15) is 0 Å². The Kier molecular flexibility index (Phi) is 8.50. The van der Waals surface area contributed by atoms with Gasteiger partial charge in [0.05, 0.1) is 31.9 Å². The number of fused-ring (bicyclic) bond motifs is 1. The van der Waals surface area contributed by atoms with Crippen LogP contribution in [-0.4, -0.2) is 48.9 Å². The Morgan fingerprint density at radius 3 is 2.50 bits per heavy atom. The van der Waals surface area contributed by atoms with Crippen molar-refractivity contribution in [3.63, 3.8) is 0 Å². The summed E-state index contributed by atoms with van der Waals surface area (Å²) in [6.45, 7) is 10.2. The van der Waals surface area contributed by atoms with Crippen molar-refractivity contribution in [2.75, 3.05) is 26.4 Å². The first-order chi connectivity index (χ1) is 17.1. The molecule has 0 saturated heterocycles. The molecule has 0 saturated carbocycles. The summed E-state index contributed by atoms with van der Waals surface area (Å²) in [7, 11) is 0. The lowest BCUT2D eigenvalue weighted by Crippen LogP contribution is -2.30. The number of hydrogen-bond acceptors (Lipinski definition) is 6.